The highest BCUT2D eigenvalue weighted by molar-refractivity contribution is 5.82. The molecule has 1 N–H and O–H groups in total. The van der Waals surface area contributed by atoms with Crippen LogP contribution >= 0.6 is 0 Å². The van der Waals surface area contributed by atoms with Crippen LogP contribution in [0.4, 0.5) is 13.6 Å². The van der Waals surface area contributed by atoms with E-state index in [1.165, 1.54) is 0 Å². The maximum absolute atomic E-state index is 13.2. The zero-order valence-electron chi connectivity index (χ0n) is 10.3. The molecule has 1 saturated carbocycles. The first kappa shape index (κ1) is 13.0. The molecular formula is C11H15F2NO4. The molecule has 5 nitrogen and oxygen atoms in total. The number of ether oxygens (including phenoxy) is 1. The second-order valence-corrected chi connectivity index (χ2v) is 5.72. The number of hydrogen-bond donors (Lipinski definition) is 1. The lowest BCUT2D eigenvalue weighted by Crippen LogP contribution is -2.47. The molecule has 18 heavy (non-hydrogen) atoms. The van der Waals surface area contributed by atoms with Crippen LogP contribution in [0.3, 0.4) is 0 Å². The Labute approximate surface area is 103 Å². The molecule has 0 radical (unpaired) electrons. The molecule has 1 aliphatic carbocycles. The molecule has 1 aliphatic heterocycles. The number of fused-ring (bicyclic) bond motifs is 1. The van der Waals surface area contributed by atoms with E-state index in [9.17, 15) is 18.4 Å². The van der Waals surface area contributed by atoms with Crippen molar-refractivity contribution in [2.45, 2.75) is 38.3 Å². The number of piperidine rings is 1. The zero-order chi connectivity index (χ0) is 13.9. The summed E-state index contributed by atoms with van der Waals surface area (Å²) in [7, 11) is 0. The fraction of sp³-hybridized carbons (Fsp3) is 0.818. The number of aliphatic carboxylic acids is 1. The predicted molar refractivity (Wildman–Crippen MR) is 56.3 cm³/mol. The molecule has 2 aliphatic rings. The van der Waals surface area contributed by atoms with Gasteiger partial charge in [0.2, 0.25) is 0 Å². The van der Waals surface area contributed by atoms with Gasteiger partial charge in [-0.15, -0.1) is 0 Å². The predicted octanol–water partition coefficient (Wildman–Crippen LogP) is 1.57. The maximum atomic E-state index is 13.2. The molecule has 2 fully saturated rings. The van der Waals surface area contributed by atoms with Crippen LogP contribution in [-0.4, -0.2) is 46.2 Å². The lowest BCUT2D eigenvalue weighted by Gasteiger charge is -2.29. The van der Waals surface area contributed by atoms with E-state index in [2.05, 4.69) is 0 Å². The highest BCUT2D eigenvalue weighted by atomic mass is 19.3. The van der Waals surface area contributed by atoms with Crippen molar-refractivity contribution < 1.29 is 28.2 Å². The van der Waals surface area contributed by atoms with E-state index >= 15 is 0 Å². The Hall–Kier alpha value is -1.40. The van der Waals surface area contributed by atoms with Gasteiger partial charge >= 0.3 is 12.1 Å². The number of likely N-dealkylation sites (tertiary alicyclic amines) is 1. The SMILES string of the molecule is CC(C)(C)OC(=O)N1C[C@H]2[C@@H]([C@H]1C(=O)O)C2(F)F. The molecule has 102 valence electrons. The second-order valence-electron chi connectivity index (χ2n) is 5.72. The van der Waals surface area contributed by atoms with Crippen molar-refractivity contribution in [3.8, 4) is 0 Å². The third kappa shape index (κ3) is 1.91. The molecule has 0 unspecified atom stereocenters. The third-order valence-electron chi connectivity index (χ3n) is 3.21. The largest absolute Gasteiger partial charge is 0.480 e. The van der Waals surface area contributed by atoms with Gasteiger partial charge in [-0.2, -0.15) is 0 Å². The van der Waals surface area contributed by atoms with Gasteiger partial charge < -0.3 is 9.84 Å². The number of alkyl halides is 2. The number of hydrogen-bond acceptors (Lipinski definition) is 3. The van der Waals surface area contributed by atoms with E-state index in [4.69, 9.17) is 9.84 Å². The molecule has 7 heteroatoms. The van der Waals surface area contributed by atoms with Crippen LogP contribution in [0.1, 0.15) is 20.8 Å². The Morgan fingerprint density at radius 2 is 1.94 bits per heavy atom. The fourth-order valence-electron chi connectivity index (χ4n) is 2.40. The summed E-state index contributed by atoms with van der Waals surface area (Å²) in [5.41, 5.74) is -0.782. The molecule has 1 amide bonds. The zero-order valence-corrected chi connectivity index (χ0v) is 10.3. The minimum atomic E-state index is -2.97. The lowest BCUT2D eigenvalue weighted by atomic mass is 10.2. The lowest BCUT2D eigenvalue weighted by molar-refractivity contribution is -0.144. The van der Waals surface area contributed by atoms with E-state index in [1.807, 2.05) is 0 Å². The first-order valence-electron chi connectivity index (χ1n) is 5.66. The third-order valence-corrected chi connectivity index (χ3v) is 3.21. The molecule has 0 aromatic rings. The van der Waals surface area contributed by atoms with Crippen molar-refractivity contribution in [3.63, 3.8) is 0 Å². The highest BCUT2D eigenvalue weighted by Gasteiger charge is 2.78. The van der Waals surface area contributed by atoms with Gasteiger partial charge in [0.05, 0.1) is 11.8 Å². The Morgan fingerprint density at radius 1 is 1.39 bits per heavy atom. The number of carbonyl (C=O) groups excluding carboxylic acids is 1. The molecule has 1 heterocycles. The summed E-state index contributed by atoms with van der Waals surface area (Å²) in [6.07, 6.45) is -0.849. The number of halogens is 2. The Kier molecular flexibility index (Phi) is 2.57. The van der Waals surface area contributed by atoms with Crippen molar-refractivity contribution in [1.29, 1.82) is 0 Å². The summed E-state index contributed by atoms with van der Waals surface area (Å²) in [6.45, 7) is 4.63. The van der Waals surface area contributed by atoms with Gasteiger partial charge in [-0.05, 0) is 20.8 Å². The molecule has 3 atom stereocenters. The smallest absolute Gasteiger partial charge is 0.411 e. The van der Waals surface area contributed by atoms with E-state index in [-0.39, 0.29) is 6.54 Å². The summed E-state index contributed by atoms with van der Waals surface area (Å²) in [5, 5.41) is 8.98. The number of carboxylic acids is 1. The van der Waals surface area contributed by atoms with Gasteiger partial charge in [0.25, 0.3) is 5.92 Å². The normalized spacial score (nSPS) is 32.9. The summed E-state index contributed by atoms with van der Waals surface area (Å²) in [5.74, 6) is -6.71. The number of carboxylic acid groups (broad SMARTS) is 1. The standard InChI is InChI=1S/C11H15F2NO4/c1-10(2,3)18-9(17)14-4-5-6(11(5,12)13)7(14)8(15)16/h5-7H,4H2,1-3H3,(H,15,16)/t5-,6-,7-/m0/s1. The Morgan fingerprint density at radius 3 is 2.39 bits per heavy atom. The summed E-state index contributed by atoms with van der Waals surface area (Å²) in [4.78, 5) is 23.7. The molecule has 0 aromatic heterocycles. The van der Waals surface area contributed by atoms with Gasteiger partial charge in [-0.1, -0.05) is 0 Å². The van der Waals surface area contributed by atoms with Gasteiger partial charge in [0.15, 0.2) is 0 Å². The summed E-state index contributed by atoms with van der Waals surface area (Å²) in [6, 6.07) is -1.49. The average Bonchev–Trinajstić information content (AvgIpc) is 2.59. The number of nitrogens with zero attached hydrogens (tertiary/aromatic N) is 1. The van der Waals surface area contributed by atoms with Crippen molar-refractivity contribution >= 4 is 12.1 Å². The molecule has 0 aromatic carbocycles. The summed E-state index contributed by atoms with van der Waals surface area (Å²) >= 11 is 0. The monoisotopic (exact) mass is 263 g/mol. The summed E-state index contributed by atoms with van der Waals surface area (Å²) < 4.78 is 31.4. The molecule has 2 rings (SSSR count). The second kappa shape index (κ2) is 3.55. The number of amides is 1. The van der Waals surface area contributed by atoms with Crippen LogP contribution < -0.4 is 0 Å². The van der Waals surface area contributed by atoms with Crippen LogP contribution in [0.5, 0.6) is 0 Å². The Balaban J connectivity index is 2.12. The van der Waals surface area contributed by atoms with Gasteiger partial charge in [0.1, 0.15) is 11.6 Å². The Bertz CT molecular complexity index is 404. The van der Waals surface area contributed by atoms with Crippen LogP contribution in [0.15, 0.2) is 0 Å². The van der Waals surface area contributed by atoms with Crippen LogP contribution in [-0.2, 0) is 9.53 Å². The van der Waals surface area contributed by atoms with Crippen molar-refractivity contribution in [3.05, 3.63) is 0 Å². The van der Waals surface area contributed by atoms with Gasteiger partial charge in [-0.3, -0.25) is 4.90 Å². The van der Waals surface area contributed by atoms with E-state index < -0.39 is 41.5 Å². The fourth-order valence-corrected chi connectivity index (χ4v) is 2.40. The van der Waals surface area contributed by atoms with Crippen molar-refractivity contribution in [2.24, 2.45) is 11.8 Å². The van der Waals surface area contributed by atoms with Crippen LogP contribution in [0.2, 0.25) is 0 Å². The maximum Gasteiger partial charge on any atom is 0.411 e. The molecule has 1 saturated heterocycles. The van der Waals surface area contributed by atoms with E-state index in [0.29, 0.717) is 0 Å². The minimum Gasteiger partial charge on any atom is -0.480 e. The van der Waals surface area contributed by atoms with E-state index in [1.54, 1.807) is 20.8 Å². The van der Waals surface area contributed by atoms with Crippen molar-refractivity contribution in [1.82, 2.24) is 4.90 Å². The minimum absolute atomic E-state index is 0.260. The topological polar surface area (TPSA) is 66.8 Å². The first-order chi connectivity index (χ1) is 8.05. The molecule has 0 spiro atoms. The van der Waals surface area contributed by atoms with Gasteiger partial charge in [-0.25, -0.2) is 18.4 Å². The van der Waals surface area contributed by atoms with Crippen LogP contribution in [0, 0.1) is 11.8 Å². The number of rotatable bonds is 1. The number of carbonyl (C=O) groups is 2. The molecular weight excluding hydrogens is 248 g/mol. The first-order valence-corrected chi connectivity index (χ1v) is 5.66. The highest BCUT2D eigenvalue weighted by Crippen LogP contribution is 2.62. The quantitative estimate of drug-likeness (QED) is 0.779. The van der Waals surface area contributed by atoms with Crippen molar-refractivity contribution in [2.75, 3.05) is 6.54 Å². The average molecular weight is 263 g/mol. The van der Waals surface area contributed by atoms with E-state index in [0.717, 1.165) is 4.90 Å². The van der Waals surface area contributed by atoms with Gasteiger partial charge in [0, 0.05) is 6.54 Å². The van der Waals surface area contributed by atoms with Crippen LogP contribution in [0.25, 0.3) is 0 Å². The molecule has 0 bridgehead atoms.